The van der Waals surface area contributed by atoms with Crippen LogP contribution in [-0.2, 0) is 29.6 Å². The average Bonchev–Trinajstić information content (AvgIpc) is 3.51. The topological polar surface area (TPSA) is 54.4 Å². The number of rotatable bonds is 6. The van der Waals surface area contributed by atoms with Crippen molar-refractivity contribution < 1.29 is 45.6 Å². The van der Waals surface area contributed by atoms with Crippen molar-refractivity contribution in [1.29, 1.82) is 0 Å². The van der Waals surface area contributed by atoms with Crippen LogP contribution >= 0.6 is 15.8 Å². The molecule has 2 saturated heterocycles. The minimum atomic E-state index is -5.84. The van der Waals surface area contributed by atoms with Gasteiger partial charge in [-0.3, -0.25) is 4.55 Å². The number of halogens is 3. The van der Waals surface area contributed by atoms with E-state index in [1.807, 2.05) is 10.6 Å². The third kappa shape index (κ3) is 11.7. The van der Waals surface area contributed by atoms with Gasteiger partial charge in [0.2, 0.25) is 0 Å². The van der Waals surface area contributed by atoms with Crippen LogP contribution in [0.5, 0.6) is 0 Å². The Bertz CT molecular complexity index is 952. The van der Waals surface area contributed by atoms with E-state index in [2.05, 4.69) is 76.3 Å². The van der Waals surface area contributed by atoms with Gasteiger partial charge in [0.05, 0.1) is 0 Å². The summed E-state index contributed by atoms with van der Waals surface area (Å²) in [6, 6.07) is 9.79. The molecule has 41 heavy (non-hydrogen) atoms. The summed E-state index contributed by atoms with van der Waals surface area (Å²) < 4.78 is 57.5. The van der Waals surface area contributed by atoms with Crippen molar-refractivity contribution in [2.45, 2.75) is 133 Å². The molecule has 1 aliphatic carbocycles. The molecule has 0 bridgehead atoms. The zero-order valence-corrected chi connectivity index (χ0v) is 29.2. The van der Waals surface area contributed by atoms with Crippen molar-refractivity contribution in [2.24, 2.45) is 0 Å². The molecular formula is C31H49F3O3P2RhS. The fourth-order valence-corrected chi connectivity index (χ4v) is 14.0. The van der Waals surface area contributed by atoms with Crippen LogP contribution in [-0.4, -0.2) is 41.1 Å². The van der Waals surface area contributed by atoms with Gasteiger partial charge in [-0.25, -0.2) is 0 Å². The van der Waals surface area contributed by atoms with Crippen LogP contribution < -0.4 is 10.6 Å². The smallest absolute Gasteiger partial charge is 0.279 e. The van der Waals surface area contributed by atoms with Gasteiger partial charge < -0.3 is 0 Å². The molecule has 2 fully saturated rings. The molecule has 4 atom stereocenters. The van der Waals surface area contributed by atoms with Gasteiger partial charge in [-0.15, -0.1) is 0 Å². The number of alkyl halides is 3. The summed E-state index contributed by atoms with van der Waals surface area (Å²) in [6.45, 7) is 9.74. The largest absolute Gasteiger partial charge is 0.522 e. The normalized spacial score (nSPS) is 26.8. The molecule has 4 rings (SSSR count). The van der Waals surface area contributed by atoms with Crippen molar-refractivity contribution in [1.82, 2.24) is 0 Å². The number of hydrogen-bond acceptors (Lipinski definition) is 2. The minimum absolute atomic E-state index is 0. The summed E-state index contributed by atoms with van der Waals surface area (Å²) in [5, 5.41) is 3.68. The third-order valence-corrected chi connectivity index (χ3v) is 16.5. The second-order valence-corrected chi connectivity index (χ2v) is 17.7. The molecule has 1 N–H and O–H groups in total. The van der Waals surface area contributed by atoms with Gasteiger partial charge in [-0.1, -0.05) is 92.1 Å². The molecule has 0 amide bonds. The molecule has 2 aliphatic heterocycles. The molecule has 237 valence electrons. The molecule has 2 heterocycles. The Hall–Kier alpha value is -0.117. The van der Waals surface area contributed by atoms with E-state index < -0.39 is 15.6 Å². The maximum absolute atomic E-state index is 10.7. The first-order valence-electron chi connectivity index (χ1n) is 15.0. The van der Waals surface area contributed by atoms with Crippen molar-refractivity contribution in [3.05, 3.63) is 48.6 Å². The molecule has 1 radical (unpaired) electrons. The first-order valence-corrected chi connectivity index (χ1v) is 19.4. The zero-order chi connectivity index (χ0) is 29.8. The molecule has 0 saturated carbocycles. The standard InChI is InChI=1S/C22H36P2.C8H12.CHF3O3S.Rh/c1-5-17-13-14-18(6-2)23(17)21-11-9-10-12-22(21)24-19(7-3)15-16-20(24)8-4;1-2-4-6-8-7-5-3-1;2-1(3,4)8(5,6)7;/h9-12,17-20H,5-8,13-16H2,1-4H3;1-2,7-8H,3-6H2;(H,5,6,7);/b;2-1-,8-7-;;/t17-,18-,19-,20-;;;/m0.../s1. The van der Waals surface area contributed by atoms with E-state index in [4.69, 9.17) is 13.0 Å². The first-order chi connectivity index (χ1) is 19.0. The van der Waals surface area contributed by atoms with E-state index in [0.29, 0.717) is 0 Å². The maximum Gasteiger partial charge on any atom is 0.522 e. The SMILES string of the molecule is C1=C\CC/C=C\CC/1.CC[C@H]1CC[C@H](CC)P1c1ccccc1P1[C@@H](CC)CC[C@@H]1CC.O=S(=O)(O)C(F)(F)F.[Rh]. The Morgan fingerprint density at radius 3 is 1.12 bits per heavy atom. The van der Waals surface area contributed by atoms with Crippen molar-refractivity contribution >= 4 is 36.6 Å². The van der Waals surface area contributed by atoms with Crippen molar-refractivity contribution in [3.8, 4) is 0 Å². The van der Waals surface area contributed by atoms with Gasteiger partial charge in [0, 0.05) is 19.5 Å². The molecule has 0 unspecified atom stereocenters. The van der Waals surface area contributed by atoms with E-state index in [1.54, 1.807) is 0 Å². The molecule has 3 aliphatic rings. The van der Waals surface area contributed by atoms with E-state index in [-0.39, 0.29) is 35.3 Å². The van der Waals surface area contributed by atoms with Gasteiger partial charge in [0.25, 0.3) is 0 Å². The second kappa shape index (κ2) is 19.3. The molecule has 1 aromatic rings. The van der Waals surface area contributed by atoms with Crippen LogP contribution in [0.4, 0.5) is 13.2 Å². The predicted molar refractivity (Wildman–Crippen MR) is 169 cm³/mol. The summed E-state index contributed by atoms with van der Waals surface area (Å²) in [6.07, 6.45) is 25.5. The van der Waals surface area contributed by atoms with Crippen LogP contribution in [0.15, 0.2) is 48.6 Å². The van der Waals surface area contributed by atoms with E-state index in [1.165, 1.54) is 77.0 Å². The summed E-state index contributed by atoms with van der Waals surface area (Å²) in [5.41, 5.74) is -1.58. The van der Waals surface area contributed by atoms with Crippen molar-refractivity contribution in [2.75, 3.05) is 0 Å². The molecule has 3 nitrogen and oxygen atoms in total. The van der Waals surface area contributed by atoms with Crippen LogP contribution in [0.2, 0.25) is 0 Å². The van der Waals surface area contributed by atoms with Gasteiger partial charge >= 0.3 is 15.6 Å². The van der Waals surface area contributed by atoms with Gasteiger partial charge in [0.1, 0.15) is 0 Å². The molecule has 0 spiro atoms. The molecule has 1 aromatic carbocycles. The zero-order valence-electron chi connectivity index (χ0n) is 24.9. The van der Waals surface area contributed by atoms with E-state index in [0.717, 1.165) is 22.6 Å². The Balaban J connectivity index is 0.000000407. The third-order valence-electron chi connectivity index (χ3n) is 8.19. The first kappa shape index (κ1) is 38.9. The fourth-order valence-electron chi connectivity index (χ4n) is 6.07. The molecule has 10 heteroatoms. The van der Waals surface area contributed by atoms with E-state index >= 15 is 0 Å². The monoisotopic (exact) mass is 723 g/mol. The van der Waals surface area contributed by atoms with Crippen LogP contribution in [0.25, 0.3) is 0 Å². The van der Waals surface area contributed by atoms with Gasteiger partial charge in [-0.2, -0.15) is 21.6 Å². The van der Waals surface area contributed by atoms with E-state index in [9.17, 15) is 13.2 Å². The van der Waals surface area contributed by atoms with Crippen LogP contribution in [0, 0.1) is 0 Å². The quantitative estimate of drug-likeness (QED) is 0.105. The number of hydrogen-bond donors (Lipinski definition) is 1. The molecule has 0 aromatic heterocycles. The van der Waals surface area contributed by atoms with Crippen LogP contribution in [0.3, 0.4) is 0 Å². The number of allylic oxidation sites excluding steroid dienone is 4. The summed E-state index contributed by atoms with van der Waals surface area (Å²) in [4.78, 5) is 0. The second-order valence-electron chi connectivity index (χ2n) is 10.7. The fraction of sp³-hybridized carbons (Fsp3) is 0.677. The predicted octanol–water partition coefficient (Wildman–Crippen LogP) is 9.67. The van der Waals surface area contributed by atoms with Crippen molar-refractivity contribution in [3.63, 3.8) is 0 Å². The maximum atomic E-state index is 10.7. The Kier molecular flexibility index (Phi) is 18.3. The van der Waals surface area contributed by atoms with Gasteiger partial charge in [-0.05, 0) is 110 Å². The average molecular weight is 724 g/mol. The van der Waals surface area contributed by atoms with Crippen LogP contribution in [0.1, 0.15) is 105 Å². The minimum Gasteiger partial charge on any atom is -0.279 e. The summed E-state index contributed by atoms with van der Waals surface area (Å²) in [5.74, 6) is 0. The Morgan fingerprint density at radius 2 is 0.927 bits per heavy atom. The summed E-state index contributed by atoms with van der Waals surface area (Å²) in [7, 11) is -5.71. The Morgan fingerprint density at radius 1 is 0.683 bits per heavy atom. The Labute approximate surface area is 262 Å². The molecular weight excluding hydrogens is 674 g/mol. The number of benzene rings is 1. The summed E-state index contributed by atoms with van der Waals surface area (Å²) >= 11 is 0. The van der Waals surface area contributed by atoms with Gasteiger partial charge in [0.15, 0.2) is 0 Å².